The number of para-hydroxylation sites is 1. The summed E-state index contributed by atoms with van der Waals surface area (Å²) in [4.78, 5) is 14.7. The SMILES string of the molecule is COc1cc2c(cc1NC(=O)[C@@H](C)N(C)Cc1cccc(F)c1)oc1ccccc12. The minimum absolute atomic E-state index is 0.192. The Morgan fingerprint density at radius 2 is 1.90 bits per heavy atom. The number of methoxy groups -OCH3 is 1. The van der Waals surface area contributed by atoms with Gasteiger partial charge in [0.1, 0.15) is 22.7 Å². The van der Waals surface area contributed by atoms with Crippen molar-refractivity contribution >= 4 is 33.5 Å². The second kappa shape index (κ2) is 8.16. The Morgan fingerprint density at radius 1 is 1.10 bits per heavy atom. The highest BCUT2D eigenvalue weighted by Crippen LogP contribution is 2.36. The number of nitrogens with one attached hydrogen (secondary N) is 1. The van der Waals surface area contributed by atoms with Gasteiger partial charge in [-0.05, 0) is 43.8 Å². The summed E-state index contributed by atoms with van der Waals surface area (Å²) >= 11 is 0. The van der Waals surface area contributed by atoms with Crippen molar-refractivity contribution in [2.24, 2.45) is 0 Å². The minimum atomic E-state index is -0.440. The molecule has 0 aliphatic rings. The molecule has 30 heavy (non-hydrogen) atoms. The molecular weight excluding hydrogens is 383 g/mol. The van der Waals surface area contributed by atoms with Gasteiger partial charge >= 0.3 is 0 Å². The number of furan rings is 1. The van der Waals surface area contributed by atoms with Crippen molar-refractivity contribution in [3.8, 4) is 5.75 Å². The van der Waals surface area contributed by atoms with Gasteiger partial charge in [-0.25, -0.2) is 4.39 Å². The number of amides is 1. The quantitative estimate of drug-likeness (QED) is 0.479. The Hall–Kier alpha value is -3.38. The first-order valence-electron chi connectivity index (χ1n) is 9.71. The molecule has 1 heterocycles. The van der Waals surface area contributed by atoms with E-state index in [4.69, 9.17) is 9.15 Å². The van der Waals surface area contributed by atoms with Crippen molar-refractivity contribution < 1.29 is 18.3 Å². The van der Waals surface area contributed by atoms with Crippen LogP contribution >= 0.6 is 0 Å². The molecule has 3 aromatic carbocycles. The Bertz CT molecular complexity index is 1220. The van der Waals surface area contributed by atoms with Crippen LogP contribution in [0.15, 0.2) is 65.1 Å². The first-order valence-corrected chi connectivity index (χ1v) is 9.71. The number of anilines is 1. The molecule has 5 nitrogen and oxygen atoms in total. The number of ether oxygens (including phenoxy) is 1. The van der Waals surface area contributed by atoms with E-state index in [0.717, 1.165) is 21.9 Å². The van der Waals surface area contributed by atoms with E-state index in [0.29, 0.717) is 23.6 Å². The third-order valence-electron chi connectivity index (χ3n) is 5.32. The van der Waals surface area contributed by atoms with E-state index in [1.807, 2.05) is 48.3 Å². The number of carbonyl (C=O) groups excluding carboxylic acids is 1. The predicted molar refractivity (Wildman–Crippen MR) is 116 cm³/mol. The number of benzene rings is 3. The standard InChI is InChI=1S/C24H23FN2O3/c1-15(27(2)14-16-7-6-8-17(25)11-16)24(28)26-20-13-22-19(12-23(20)29-3)18-9-4-5-10-21(18)30-22/h4-13,15H,14H2,1-3H3,(H,26,28)/t15-/m1/s1. The molecule has 0 bridgehead atoms. The van der Waals surface area contributed by atoms with Crippen LogP contribution in [0.2, 0.25) is 0 Å². The number of likely N-dealkylation sites (N-methyl/N-ethyl adjacent to an activating group) is 1. The zero-order valence-electron chi connectivity index (χ0n) is 17.1. The summed E-state index contributed by atoms with van der Waals surface area (Å²) in [5.41, 5.74) is 2.80. The van der Waals surface area contributed by atoms with Crippen molar-refractivity contribution in [1.82, 2.24) is 4.90 Å². The summed E-state index contributed by atoms with van der Waals surface area (Å²) in [6, 6.07) is 17.4. The largest absolute Gasteiger partial charge is 0.495 e. The average molecular weight is 406 g/mol. The van der Waals surface area contributed by atoms with Gasteiger partial charge in [-0.2, -0.15) is 0 Å². The third-order valence-corrected chi connectivity index (χ3v) is 5.32. The van der Waals surface area contributed by atoms with Crippen molar-refractivity contribution in [1.29, 1.82) is 0 Å². The van der Waals surface area contributed by atoms with Crippen LogP contribution < -0.4 is 10.1 Å². The van der Waals surface area contributed by atoms with Gasteiger partial charge in [0.05, 0.1) is 18.8 Å². The molecule has 1 N–H and O–H groups in total. The lowest BCUT2D eigenvalue weighted by Gasteiger charge is -2.24. The highest BCUT2D eigenvalue weighted by molar-refractivity contribution is 6.08. The van der Waals surface area contributed by atoms with Crippen molar-refractivity contribution in [2.75, 3.05) is 19.5 Å². The lowest BCUT2D eigenvalue weighted by Crippen LogP contribution is -2.39. The molecule has 6 heteroatoms. The number of rotatable bonds is 6. The third kappa shape index (κ3) is 3.86. The maximum atomic E-state index is 13.4. The molecule has 154 valence electrons. The molecule has 0 saturated carbocycles. The molecule has 0 saturated heterocycles. The van der Waals surface area contributed by atoms with E-state index in [-0.39, 0.29) is 11.7 Å². The summed E-state index contributed by atoms with van der Waals surface area (Å²) in [5, 5.41) is 4.86. The summed E-state index contributed by atoms with van der Waals surface area (Å²) < 4.78 is 24.9. The van der Waals surface area contributed by atoms with Gasteiger partial charge < -0.3 is 14.5 Å². The van der Waals surface area contributed by atoms with Gasteiger partial charge in [-0.3, -0.25) is 9.69 Å². The van der Waals surface area contributed by atoms with Crippen LogP contribution in [0.3, 0.4) is 0 Å². The Balaban J connectivity index is 1.56. The molecule has 1 amide bonds. The molecule has 1 aromatic heterocycles. The molecule has 4 rings (SSSR count). The van der Waals surface area contributed by atoms with Gasteiger partial charge in [0.2, 0.25) is 5.91 Å². The highest BCUT2D eigenvalue weighted by Gasteiger charge is 2.21. The first-order chi connectivity index (χ1) is 14.5. The zero-order valence-corrected chi connectivity index (χ0v) is 17.1. The number of carbonyl (C=O) groups is 1. The fourth-order valence-electron chi connectivity index (χ4n) is 3.52. The van der Waals surface area contributed by atoms with Crippen LogP contribution in [0.25, 0.3) is 21.9 Å². The average Bonchev–Trinajstić information content (AvgIpc) is 3.09. The van der Waals surface area contributed by atoms with Gasteiger partial charge in [0.15, 0.2) is 0 Å². The highest BCUT2D eigenvalue weighted by atomic mass is 19.1. The lowest BCUT2D eigenvalue weighted by atomic mass is 10.1. The fourth-order valence-corrected chi connectivity index (χ4v) is 3.52. The van der Waals surface area contributed by atoms with E-state index in [1.54, 1.807) is 26.2 Å². The molecular formula is C24H23FN2O3. The van der Waals surface area contributed by atoms with E-state index in [9.17, 15) is 9.18 Å². The van der Waals surface area contributed by atoms with Crippen LogP contribution in [0, 0.1) is 5.82 Å². The Kier molecular flexibility index (Phi) is 5.42. The van der Waals surface area contributed by atoms with Gasteiger partial charge in [0.25, 0.3) is 0 Å². The Morgan fingerprint density at radius 3 is 2.67 bits per heavy atom. The number of nitrogens with zero attached hydrogens (tertiary/aromatic N) is 1. The molecule has 1 atom stereocenters. The number of hydrogen-bond donors (Lipinski definition) is 1. The summed E-state index contributed by atoms with van der Waals surface area (Å²) in [5.74, 6) is 0.0759. The summed E-state index contributed by atoms with van der Waals surface area (Å²) in [7, 11) is 3.40. The second-order valence-electron chi connectivity index (χ2n) is 7.36. The molecule has 0 radical (unpaired) electrons. The molecule has 0 spiro atoms. The maximum Gasteiger partial charge on any atom is 0.241 e. The first kappa shape index (κ1) is 19.9. The molecule has 0 aliphatic heterocycles. The molecule has 4 aromatic rings. The van der Waals surface area contributed by atoms with Crippen LogP contribution in [0.1, 0.15) is 12.5 Å². The number of hydrogen-bond acceptors (Lipinski definition) is 4. The number of halogens is 1. The zero-order chi connectivity index (χ0) is 21.3. The summed E-state index contributed by atoms with van der Waals surface area (Å²) in [6.45, 7) is 2.26. The van der Waals surface area contributed by atoms with Crippen LogP contribution in [-0.4, -0.2) is 31.0 Å². The number of fused-ring (bicyclic) bond motifs is 3. The lowest BCUT2D eigenvalue weighted by molar-refractivity contribution is -0.120. The van der Waals surface area contributed by atoms with E-state index >= 15 is 0 Å². The molecule has 0 unspecified atom stereocenters. The molecule has 0 aliphatic carbocycles. The minimum Gasteiger partial charge on any atom is -0.495 e. The predicted octanol–water partition coefficient (Wildman–Crippen LogP) is 5.19. The van der Waals surface area contributed by atoms with Crippen molar-refractivity contribution in [3.63, 3.8) is 0 Å². The normalized spacial score (nSPS) is 12.4. The Labute approximate surface area is 174 Å². The maximum absolute atomic E-state index is 13.4. The van der Waals surface area contributed by atoms with Crippen molar-refractivity contribution in [3.05, 3.63) is 72.0 Å². The smallest absolute Gasteiger partial charge is 0.241 e. The van der Waals surface area contributed by atoms with Gasteiger partial charge in [-0.15, -0.1) is 0 Å². The fraction of sp³-hybridized carbons (Fsp3) is 0.208. The second-order valence-corrected chi connectivity index (χ2v) is 7.36. The monoisotopic (exact) mass is 406 g/mol. The van der Waals surface area contributed by atoms with E-state index in [1.165, 1.54) is 12.1 Å². The molecule has 0 fully saturated rings. The van der Waals surface area contributed by atoms with E-state index in [2.05, 4.69) is 5.32 Å². The topological polar surface area (TPSA) is 54.7 Å². The van der Waals surface area contributed by atoms with Crippen LogP contribution in [0.4, 0.5) is 10.1 Å². The van der Waals surface area contributed by atoms with Gasteiger partial charge in [-0.1, -0.05) is 30.3 Å². The van der Waals surface area contributed by atoms with E-state index < -0.39 is 6.04 Å². The van der Waals surface area contributed by atoms with Crippen LogP contribution in [-0.2, 0) is 11.3 Å². The van der Waals surface area contributed by atoms with Crippen molar-refractivity contribution in [2.45, 2.75) is 19.5 Å². The van der Waals surface area contributed by atoms with Gasteiger partial charge in [0, 0.05) is 23.4 Å². The summed E-state index contributed by atoms with van der Waals surface area (Å²) in [6.07, 6.45) is 0. The van der Waals surface area contributed by atoms with Crippen LogP contribution in [0.5, 0.6) is 5.75 Å².